The predicted octanol–water partition coefficient (Wildman–Crippen LogP) is -5.14. The van der Waals surface area contributed by atoms with Crippen LogP contribution in [0.3, 0.4) is 0 Å². The fourth-order valence-electron chi connectivity index (χ4n) is 0. The van der Waals surface area contributed by atoms with Crippen LogP contribution < -0.4 is 19.2 Å². The Kier molecular flexibility index (Phi) is 4.62. The smallest absolute Gasteiger partial charge is 0 e. The third kappa shape index (κ3) is 130. The van der Waals surface area contributed by atoms with Crippen LogP contribution in [0.4, 0.5) is 0 Å². The average Bonchev–Trinajstić information content (AvgIpc) is 0.722. The van der Waals surface area contributed by atoms with E-state index in [1.54, 1.807) is 0 Å². The van der Waals surface area contributed by atoms with E-state index >= 15 is 0 Å². The molecule has 0 aromatic rings. The minimum Gasteiger partial charge on any atom is -0.894 e. The van der Waals surface area contributed by atoms with E-state index in [1.165, 1.54) is 0 Å². The van der Waals surface area contributed by atoms with Crippen molar-refractivity contribution >= 4 is 9.05 Å². The van der Waals surface area contributed by atoms with E-state index in [9.17, 15) is 0 Å². The van der Waals surface area contributed by atoms with Gasteiger partial charge in [-0.3, -0.25) is 0 Å². The average molecular weight is 284 g/mol. The van der Waals surface area contributed by atoms with Gasteiger partial charge >= 0.3 is 0 Å². The number of rotatable bonds is 0. The standard InChI is InChI=1S/Ir.O4Si/c;1-5(2,3)4/q;-4. The maximum atomic E-state index is 8.58. The summed E-state index contributed by atoms with van der Waals surface area (Å²) in [6, 6.07) is 0. The molecule has 0 aliphatic carbocycles. The second-order valence-electron chi connectivity index (χ2n) is 0.500. The first-order valence-electron chi connectivity index (χ1n) is 0.816. The maximum absolute atomic E-state index is 8.58. The van der Waals surface area contributed by atoms with E-state index in [0.29, 0.717) is 0 Å². The van der Waals surface area contributed by atoms with Crippen molar-refractivity contribution in [3.63, 3.8) is 0 Å². The summed E-state index contributed by atoms with van der Waals surface area (Å²) in [5.41, 5.74) is 0. The van der Waals surface area contributed by atoms with Crippen LogP contribution in [-0.4, -0.2) is 9.05 Å². The molecule has 0 heterocycles. The normalized spacial score (nSPS) is 10.0. The Hall–Kier alpha value is 0.706. The van der Waals surface area contributed by atoms with Gasteiger partial charge in [-0.05, 0) is 0 Å². The summed E-state index contributed by atoms with van der Waals surface area (Å²) in [5.74, 6) is 0. The molecule has 41 valence electrons. The minimum atomic E-state index is -5.61. The topological polar surface area (TPSA) is 92.2 Å². The molecule has 0 rings (SSSR count). The van der Waals surface area contributed by atoms with Crippen LogP contribution in [0.2, 0.25) is 0 Å². The first-order valence-corrected chi connectivity index (χ1v) is 2.45. The van der Waals surface area contributed by atoms with Crippen molar-refractivity contribution in [3.05, 3.63) is 0 Å². The molecule has 0 aliphatic rings. The third-order valence-corrected chi connectivity index (χ3v) is 0. The second kappa shape index (κ2) is 2.81. The van der Waals surface area contributed by atoms with Crippen LogP contribution in [-0.2, 0) is 20.1 Å². The van der Waals surface area contributed by atoms with E-state index in [4.69, 9.17) is 19.2 Å². The fraction of sp³-hybridized carbons (Fsp3) is 0. The van der Waals surface area contributed by atoms with Crippen molar-refractivity contribution in [2.75, 3.05) is 0 Å². The van der Waals surface area contributed by atoms with Crippen molar-refractivity contribution in [1.82, 2.24) is 0 Å². The van der Waals surface area contributed by atoms with Crippen molar-refractivity contribution in [2.45, 2.75) is 0 Å². The Morgan fingerprint density at radius 1 is 0.833 bits per heavy atom. The first-order chi connectivity index (χ1) is 2.00. The molecule has 0 N–H and O–H groups in total. The first kappa shape index (κ1) is 9.86. The van der Waals surface area contributed by atoms with Crippen LogP contribution in [0.5, 0.6) is 0 Å². The molecule has 0 aliphatic heterocycles. The molecule has 0 fully saturated rings. The van der Waals surface area contributed by atoms with Crippen LogP contribution in [0.1, 0.15) is 0 Å². The molecule has 6 heavy (non-hydrogen) atoms. The molecule has 0 aromatic carbocycles. The molecule has 0 saturated carbocycles. The van der Waals surface area contributed by atoms with Gasteiger partial charge in [0.05, 0.1) is 0 Å². The van der Waals surface area contributed by atoms with Gasteiger partial charge in [0.25, 0.3) is 0 Å². The van der Waals surface area contributed by atoms with Crippen LogP contribution in [0, 0.1) is 0 Å². The molecule has 4 nitrogen and oxygen atoms in total. The molecule has 6 heteroatoms. The van der Waals surface area contributed by atoms with Gasteiger partial charge in [0.15, 0.2) is 0 Å². The zero-order valence-corrected chi connectivity index (χ0v) is 5.86. The summed E-state index contributed by atoms with van der Waals surface area (Å²) in [7, 11) is -5.61. The van der Waals surface area contributed by atoms with Crippen LogP contribution >= 0.6 is 0 Å². The van der Waals surface area contributed by atoms with E-state index in [1.807, 2.05) is 0 Å². The van der Waals surface area contributed by atoms with Gasteiger partial charge < -0.3 is 28.2 Å². The van der Waals surface area contributed by atoms with Gasteiger partial charge in [-0.2, -0.15) is 0 Å². The van der Waals surface area contributed by atoms with Gasteiger partial charge in [-0.25, -0.2) is 0 Å². The largest absolute Gasteiger partial charge is 0.894 e. The van der Waals surface area contributed by atoms with Gasteiger partial charge in [0.1, 0.15) is 0 Å². The third-order valence-electron chi connectivity index (χ3n) is 0. The molecule has 0 aromatic heterocycles. The molecule has 0 spiro atoms. The second-order valence-corrected chi connectivity index (χ2v) is 1.50. The summed E-state index contributed by atoms with van der Waals surface area (Å²) >= 11 is 0. The molecule has 0 saturated heterocycles. The Bertz CT molecular complexity index is 23.0. The monoisotopic (exact) mass is 285 g/mol. The summed E-state index contributed by atoms with van der Waals surface area (Å²) in [6.07, 6.45) is 0. The fourth-order valence-corrected chi connectivity index (χ4v) is 0. The van der Waals surface area contributed by atoms with E-state index < -0.39 is 9.05 Å². The summed E-state index contributed by atoms with van der Waals surface area (Å²) < 4.78 is 0. The van der Waals surface area contributed by atoms with Crippen molar-refractivity contribution < 1.29 is 39.3 Å². The van der Waals surface area contributed by atoms with Crippen molar-refractivity contribution in [2.24, 2.45) is 0 Å². The van der Waals surface area contributed by atoms with Crippen molar-refractivity contribution in [3.8, 4) is 0 Å². The molecule has 0 atom stereocenters. The summed E-state index contributed by atoms with van der Waals surface area (Å²) in [6.45, 7) is 0. The van der Waals surface area contributed by atoms with Crippen molar-refractivity contribution in [1.29, 1.82) is 0 Å². The zero-order valence-electron chi connectivity index (χ0n) is 2.47. The molecule has 0 bridgehead atoms. The van der Waals surface area contributed by atoms with E-state index in [2.05, 4.69) is 0 Å². The molecular weight excluding hydrogens is 284 g/mol. The van der Waals surface area contributed by atoms with Gasteiger partial charge in [-0.1, -0.05) is 0 Å². The summed E-state index contributed by atoms with van der Waals surface area (Å²) in [4.78, 5) is 34.3. The number of hydrogen-bond acceptors (Lipinski definition) is 4. The SMILES string of the molecule is [Ir].[O-][Si]([O-])([O-])[O-]. The van der Waals surface area contributed by atoms with Crippen LogP contribution in [0.25, 0.3) is 0 Å². The molecule has 1 radical (unpaired) electrons. The Labute approximate surface area is 48.9 Å². The zero-order chi connectivity index (χ0) is 4.50. The summed E-state index contributed by atoms with van der Waals surface area (Å²) in [5, 5.41) is 0. The van der Waals surface area contributed by atoms with Crippen LogP contribution in [0.15, 0.2) is 0 Å². The Balaban J connectivity index is 0. The Morgan fingerprint density at radius 3 is 0.833 bits per heavy atom. The quantitative estimate of drug-likeness (QED) is 0.416. The molecular formula is IrO4Si-4. The van der Waals surface area contributed by atoms with Gasteiger partial charge in [0, 0.05) is 20.1 Å². The van der Waals surface area contributed by atoms with Gasteiger partial charge in [0.2, 0.25) is 0 Å². The predicted molar refractivity (Wildman–Crippen MR) is 5.75 cm³/mol. The van der Waals surface area contributed by atoms with Gasteiger partial charge in [-0.15, -0.1) is 0 Å². The minimum absolute atomic E-state index is 0. The molecule has 0 amide bonds. The van der Waals surface area contributed by atoms with E-state index in [0.717, 1.165) is 0 Å². The molecule has 0 unspecified atom stereocenters. The maximum Gasteiger partial charge on any atom is 0 e. The van der Waals surface area contributed by atoms with E-state index in [-0.39, 0.29) is 20.1 Å². The number of hydrogen-bond donors (Lipinski definition) is 0. The Morgan fingerprint density at radius 2 is 0.833 bits per heavy atom.